The van der Waals surface area contributed by atoms with Gasteiger partial charge in [-0.1, -0.05) is 36.4 Å². The van der Waals surface area contributed by atoms with Crippen molar-refractivity contribution in [3.05, 3.63) is 93.9 Å². The van der Waals surface area contributed by atoms with Crippen molar-refractivity contribution in [2.45, 2.75) is 18.0 Å². The maximum absolute atomic E-state index is 13.8. The SMILES string of the molecule is N#CC1(C#N)[C@H](c2cccs2)[C@H](C(=O)c2ccc(F)cc2)N2c3ccccc3C=C[C@H]21. The Morgan fingerprint density at radius 3 is 2.45 bits per heavy atom. The lowest BCUT2D eigenvalue weighted by Gasteiger charge is -2.35. The van der Waals surface area contributed by atoms with Crippen LogP contribution in [-0.2, 0) is 0 Å². The van der Waals surface area contributed by atoms with Gasteiger partial charge in [0.25, 0.3) is 0 Å². The number of nitrogens with zero attached hydrogens (tertiary/aromatic N) is 3. The summed E-state index contributed by atoms with van der Waals surface area (Å²) in [6.45, 7) is 0. The van der Waals surface area contributed by atoms with Crippen molar-refractivity contribution in [1.29, 1.82) is 10.5 Å². The fraction of sp³-hybridized carbons (Fsp3) is 0.160. The topological polar surface area (TPSA) is 67.9 Å². The van der Waals surface area contributed by atoms with Gasteiger partial charge in [-0.3, -0.25) is 4.79 Å². The number of ketones is 1. The van der Waals surface area contributed by atoms with E-state index in [9.17, 15) is 19.7 Å². The van der Waals surface area contributed by atoms with Gasteiger partial charge in [0.2, 0.25) is 0 Å². The van der Waals surface area contributed by atoms with Crippen molar-refractivity contribution < 1.29 is 9.18 Å². The first-order valence-corrected chi connectivity index (χ1v) is 10.7. The lowest BCUT2D eigenvalue weighted by Crippen LogP contribution is -2.44. The molecule has 0 spiro atoms. The fourth-order valence-corrected chi connectivity index (χ4v) is 5.73. The second-order valence-corrected chi connectivity index (χ2v) is 8.65. The normalized spacial score (nSPS) is 22.8. The number of halogens is 1. The molecular weight excluding hydrogens is 409 g/mol. The molecule has 0 bridgehead atoms. The van der Waals surface area contributed by atoms with Gasteiger partial charge < -0.3 is 4.90 Å². The predicted octanol–water partition coefficient (Wildman–Crippen LogP) is 5.17. The monoisotopic (exact) mass is 425 g/mol. The quantitative estimate of drug-likeness (QED) is 0.543. The smallest absolute Gasteiger partial charge is 0.186 e. The van der Waals surface area contributed by atoms with Crippen LogP contribution in [0.25, 0.3) is 6.08 Å². The molecule has 6 heteroatoms. The van der Waals surface area contributed by atoms with Crippen LogP contribution in [0.4, 0.5) is 10.1 Å². The third-order valence-electron chi connectivity index (χ3n) is 6.16. The molecule has 3 atom stereocenters. The Morgan fingerprint density at radius 2 is 1.77 bits per heavy atom. The van der Waals surface area contributed by atoms with Crippen molar-refractivity contribution in [2.75, 3.05) is 4.90 Å². The van der Waals surface area contributed by atoms with E-state index in [1.54, 1.807) is 0 Å². The van der Waals surface area contributed by atoms with Crippen molar-refractivity contribution in [3.8, 4) is 12.1 Å². The summed E-state index contributed by atoms with van der Waals surface area (Å²) in [4.78, 5) is 16.6. The van der Waals surface area contributed by atoms with Crippen molar-refractivity contribution in [1.82, 2.24) is 0 Å². The molecule has 31 heavy (non-hydrogen) atoms. The van der Waals surface area contributed by atoms with Crippen LogP contribution in [0.15, 0.2) is 72.1 Å². The van der Waals surface area contributed by atoms with Crippen LogP contribution in [0, 0.1) is 33.9 Å². The third-order valence-corrected chi connectivity index (χ3v) is 7.12. The minimum Gasteiger partial charge on any atom is -0.351 e. The van der Waals surface area contributed by atoms with E-state index in [0.29, 0.717) is 5.56 Å². The predicted molar refractivity (Wildman–Crippen MR) is 117 cm³/mol. The number of nitriles is 2. The first-order valence-electron chi connectivity index (χ1n) is 9.82. The van der Waals surface area contributed by atoms with Crippen molar-refractivity contribution >= 4 is 28.9 Å². The first kappa shape index (κ1) is 19.2. The lowest BCUT2D eigenvalue weighted by molar-refractivity contribution is 0.0951. The molecule has 3 aromatic rings. The largest absolute Gasteiger partial charge is 0.351 e. The number of fused-ring (bicyclic) bond motifs is 3. The Balaban J connectivity index is 1.77. The highest BCUT2D eigenvalue weighted by molar-refractivity contribution is 7.10. The van der Waals surface area contributed by atoms with E-state index in [1.807, 2.05) is 58.8 Å². The Kier molecular flexibility index (Phi) is 4.46. The number of anilines is 1. The Labute approximate surface area is 183 Å². The molecule has 5 rings (SSSR count). The van der Waals surface area contributed by atoms with Crippen LogP contribution in [0.3, 0.4) is 0 Å². The molecule has 0 saturated carbocycles. The van der Waals surface area contributed by atoms with Gasteiger partial charge >= 0.3 is 0 Å². The summed E-state index contributed by atoms with van der Waals surface area (Å²) in [6.07, 6.45) is 3.77. The molecule has 0 N–H and O–H groups in total. The summed E-state index contributed by atoms with van der Waals surface area (Å²) in [5, 5.41) is 22.5. The standard InChI is InChI=1S/C25H16FN3OS/c26-18-10-7-17(8-11-18)24(30)23-22(20-6-3-13-31-20)25(14-27,15-28)21-12-9-16-4-1-2-5-19(16)29(21)23/h1-13,21-23H/t21-,22+,23+/m0/s1. The van der Waals surface area contributed by atoms with Gasteiger partial charge in [0.05, 0.1) is 24.1 Å². The number of Topliss-reactive ketones (excluding diaryl/α,β-unsaturated/α-hetero) is 1. The van der Waals surface area contributed by atoms with Gasteiger partial charge in [-0.2, -0.15) is 10.5 Å². The highest BCUT2D eigenvalue weighted by atomic mass is 32.1. The molecule has 4 nitrogen and oxygen atoms in total. The molecule has 150 valence electrons. The fourth-order valence-electron chi connectivity index (χ4n) is 4.80. The van der Waals surface area contributed by atoms with Gasteiger partial charge in [-0.15, -0.1) is 11.3 Å². The molecule has 2 aliphatic heterocycles. The van der Waals surface area contributed by atoms with Crippen LogP contribution < -0.4 is 4.90 Å². The Bertz CT molecular complexity index is 1250. The summed E-state index contributed by atoms with van der Waals surface area (Å²) in [7, 11) is 0. The van der Waals surface area contributed by atoms with Crippen LogP contribution in [0.1, 0.15) is 26.7 Å². The summed E-state index contributed by atoms with van der Waals surface area (Å²) in [5.74, 6) is -1.31. The lowest BCUT2D eigenvalue weighted by atomic mass is 9.71. The molecule has 0 radical (unpaired) electrons. The molecule has 0 amide bonds. The van der Waals surface area contributed by atoms with E-state index >= 15 is 0 Å². The molecule has 1 fully saturated rings. The molecule has 2 aliphatic rings. The van der Waals surface area contributed by atoms with Crippen molar-refractivity contribution in [2.24, 2.45) is 5.41 Å². The van der Waals surface area contributed by atoms with Gasteiger partial charge in [-0.25, -0.2) is 4.39 Å². The van der Waals surface area contributed by atoms with Crippen molar-refractivity contribution in [3.63, 3.8) is 0 Å². The first-order chi connectivity index (χ1) is 15.1. The zero-order chi connectivity index (χ0) is 21.6. The average Bonchev–Trinajstić information content (AvgIpc) is 3.43. The highest BCUT2D eigenvalue weighted by Crippen LogP contribution is 2.56. The second-order valence-electron chi connectivity index (χ2n) is 7.67. The third kappa shape index (κ3) is 2.73. The van der Waals surface area contributed by atoms with Crippen LogP contribution >= 0.6 is 11.3 Å². The molecular formula is C25H16FN3OS. The zero-order valence-corrected chi connectivity index (χ0v) is 17.1. The van der Waals surface area contributed by atoms with Crippen LogP contribution in [0.2, 0.25) is 0 Å². The molecule has 0 aliphatic carbocycles. The highest BCUT2D eigenvalue weighted by Gasteiger charge is 2.63. The molecule has 1 aromatic heterocycles. The Morgan fingerprint density at radius 1 is 1.03 bits per heavy atom. The number of thiophene rings is 1. The van der Waals surface area contributed by atoms with Crippen LogP contribution in [0.5, 0.6) is 0 Å². The number of rotatable bonds is 3. The minimum absolute atomic E-state index is 0.235. The van der Waals surface area contributed by atoms with E-state index in [2.05, 4.69) is 12.1 Å². The number of hydrogen-bond donors (Lipinski definition) is 0. The summed E-state index contributed by atoms with van der Waals surface area (Å²) < 4.78 is 13.5. The van der Waals surface area contributed by atoms with E-state index in [4.69, 9.17) is 0 Å². The van der Waals surface area contributed by atoms with Gasteiger partial charge in [0.1, 0.15) is 11.9 Å². The van der Waals surface area contributed by atoms with Gasteiger partial charge in [0.15, 0.2) is 11.2 Å². The van der Waals surface area contributed by atoms with Gasteiger partial charge in [0, 0.05) is 16.1 Å². The summed E-state index contributed by atoms with van der Waals surface area (Å²) >= 11 is 1.43. The molecule has 0 unspecified atom stereocenters. The van der Waals surface area contributed by atoms with E-state index in [1.165, 1.54) is 35.6 Å². The van der Waals surface area contributed by atoms with E-state index < -0.39 is 29.2 Å². The van der Waals surface area contributed by atoms with Gasteiger partial charge in [-0.05, 0) is 47.3 Å². The number of carbonyl (C=O) groups is 1. The molecule has 3 heterocycles. The number of carbonyl (C=O) groups excluding carboxylic acids is 1. The molecule has 1 saturated heterocycles. The second kappa shape index (κ2) is 7.19. The maximum Gasteiger partial charge on any atom is 0.186 e. The van der Waals surface area contributed by atoms with Crippen LogP contribution in [-0.4, -0.2) is 17.9 Å². The number of benzene rings is 2. The summed E-state index contributed by atoms with van der Waals surface area (Å²) in [6, 6.07) is 20.0. The molecule has 2 aromatic carbocycles. The average molecular weight is 425 g/mol. The number of hydrogen-bond acceptors (Lipinski definition) is 5. The number of para-hydroxylation sites is 1. The Hall–Kier alpha value is -3.74. The van der Waals surface area contributed by atoms with E-state index in [-0.39, 0.29) is 5.78 Å². The van der Waals surface area contributed by atoms with E-state index in [0.717, 1.165) is 16.1 Å². The summed E-state index contributed by atoms with van der Waals surface area (Å²) in [5.41, 5.74) is 0.636. The minimum atomic E-state index is -1.45. The maximum atomic E-state index is 13.8. The zero-order valence-electron chi connectivity index (χ0n) is 16.3.